The molecule has 0 aliphatic carbocycles. The molecule has 0 atom stereocenters. The second-order valence-electron chi connectivity index (χ2n) is 6.10. The van der Waals surface area contributed by atoms with E-state index in [1.165, 1.54) is 43.5 Å². The summed E-state index contributed by atoms with van der Waals surface area (Å²) in [5.74, 6) is -0.938. The highest BCUT2D eigenvalue weighted by Crippen LogP contribution is 2.29. The smallest absolute Gasteiger partial charge is 0.345 e. The molecular weight excluding hydrogens is 401 g/mol. The van der Waals surface area contributed by atoms with Gasteiger partial charge in [0, 0.05) is 12.1 Å². The number of benzene rings is 2. The Hall–Kier alpha value is -3.24. The number of halogens is 1. The van der Waals surface area contributed by atoms with Gasteiger partial charge in [0.2, 0.25) is 15.9 Å². The minimum absolute atomic E-state index is 0.0290. The number of hydrogen-bond donors (Lipinski definition) is 2. The maximum atomic E-state index is 13.2. The van der Waals surface area contributed by atoms with Crippen molar-refractivity contribution < 1.29 is 26.9 Å². The van der Waals surface area contributed by atoms with E-state index in [1.807, 2.05) is 0 Å². The Morgan fingerprint density at radius 3 is 2.41 bits per heavy atom. The summed E-state index contributed by atoms with van der Waals surface area (Å²) in [6.07, 6.45) is 0.512. The number of nitrogens with two attached hydrogens (primary N) is 1. The summed E-state index contributed by atoms with van der Waals surface area (Å²) < 4.78 is 45.8. The number of rotatable bonds is 7. The van der Waals surface area contributed by atoms with E-state index in [1.54, 1.807) is 12.1 Å². The third kappa shape index (κ3) is 4.79. The Balaban J connectivity index is 1.75. The molecule has 0 spiro atoms. The zero-order chi connectivity index (χ0) is 21.0. The van der Waals surface area contributed by atoms with E-state index in [2.05, 4.69) is 10.5 Å². The predicted octanol–water partition coefficient (Wildman–Crippen LogP) is 2.57. The van der Waals surface area contributed by atoms with Crippen LogP contribution in [0.1, 0.15) is 15.9 Å². The summed E-state index contributed by atoms with van der Waals surface area (Å²) in [7, 11) is -2.50. The lowest BCUT2D eigenvalue weighted by molar-refractivity contribution is 0.0602. The number of sulfonamides is 1. The van der Waals surface area contributed by atoms with Crippen molar-refractivity contribution in [2.24, 2.45) is 5.14 Å². The van der Waals surface area contributed by atoms with Gasteiger partial charge in [0.1, 0.15) is 11.5 Å². The van der Waals surface area contributed by atoms with Crippen LogP contribution in [0.15, 0.2) is 57.9 Å². The Labute approximate surface area is 166 Å². The Bertz CT molecular complexity index is 1110. The molecule has 0 aliphatic rings. The van der Waals surface area contributed by atoms with Gasteiger partial charge in [-0.3, -0.25) is 0 Å². The number of methoxy groups -OCH3 is 1. The normalized spacial score (nSPS) is 11.3. The topological polar surface area (TPSA) is 125 Å². The standard InChI is InChI=1S/C19H18FN3O5S/c1-27-19(24)16-17(13-4-6-14(20)7-5-13)23-28-18(16)22-11-10-12-2-8-15(9-3-12)29(21,25)26/h2-9,22H,10-11H2,1H3,(H2,21,25,26). The van der Waals surface area contributed by atoms with Gasteiger partial charge in [0.15, 0.2) is 5.56 Å². The lowest BCUT2D eigenvalue weighted by Crippen LogP contribution is -2.12. The van der Waals surface area contributed by atoms with E-state index in [4.69, 9.17) is 14.4 Å². The highest BCUT2D eigenvalue weighted by atomic mass is 32.2. The Morgan fingerprint density at radius 2 is 1.83 bits per heavy atom. The fourth-order valence-electron chi connectivity index (χ4n) is 2.67. The first-order valence-electron chi connectivity index (χ1n) is 8.49. The van der Waals surface area contributed by atoms with Crippen molar-refractivity contribution in [2.45, 2.75) is 11.3 Å². The van der Waals surface area contributed by atoms with Gasteiger partial charge in [-0.2, -0.15) is 0 Å². The molecule has 0 saturated heterocycles. The van der Waals surface area contributed by atoms with Crippen molar-refractivity contribution in [3.05, 3.63) is 65.5 Å². The quantitative estimate of drug-likeness (QED) is 0.564. The SMILES string of the molecule is COC(=O)c1c(-c2ccc(F)cc2)noc1NCCc1ccc(S(N)(=O)=O)cc1. The summed E-state index contributed by atoms with van der Waals surface area (Å²) in [6.45, 7) is 0.372. The van der Waals surface area contributed by atoms with Gasteiger partial charge in [-0.25, -0.2) is 22.7 Å². The highest BCUT2D eigenvalue weighted by Gasteiger charge is 2.24. The van der Waals surface area contributed by atoms with E-state index in [0.29, 0.717) is 18.5 Å². The molecule has 3 aromatic rings. The molecule has 0 fully saturated rings. The molecule has 152 valence electrons. The number of carbonyl (C=O) groups excluding carboxylic acids is 1. The van der Waals surface area contributed by atoms with Crippen LogP contribution in [0.4, 0.5) is 10.3 Å². The van der Waals surface area contributed by atoms with E-state index in [0.717, 1.165) is 5.56 Å². The third-order valence-electron chi connectivity index (χ3n) is 4.15. The maximum absolute atomic E-state index is 13.2. The van der Waals surface area contributed by atoms with Crippen molar-refractivity contribution in [1.82, 2.24) is 5.16 Å². The van der Waals surface area contributed by atoms with Crippen molar-refractivity contribution in [1.29, 1.82) is 0 Å². The minimum atomic E-state index is -3.74. The van der Waals surface area contributed by atoms with Crippen molar-refractivity contribution >= 4 is 21.9 Å². The number of carbonyl (C=O) groups is 1. The number of hydrogen-bond acceptors (Lipinski definition) is 7. The van der Waals surface area contributed by atoms with Crippen molar-refractivity contribution in [3.63, 3.8) is 0 Å². The van der Waals surface area contributed by atoms with Crippen LogP contribution in [0.25, 0.3) is 11.3 Å². The molecule has 0 amide bonds. The van der Waals surface area contributed by atoms with Gasteiger partial charge < -0.3 is 14.6 Å². The molecule has 10 heteroatoms. The molecule has 0 unspecified atom stereocenters. The summed E-state index contributed by atoms with van der Waals surface area (Å²) in [5.41, 5.74) is 1.69. The first-order chi connectivity index (χ1) is 13.8. The number of esters is 1. The molecule has 0 bridgehead atoms. The number of primary sulfonamides is 1. The van der Waals surface area contributed by atoms with Gasteiger partial charge in [0.05, 0.1) is 12.0 Å². The fourth-order valence-corrected chi connectivity index (χ4v) is 3.19. The molecule has 3 rings (SSSR count). The van der Waals surface area contributed by atoms with Crippen LogP contribution in [0.2, 0.25) is 0 Å². The zero-order valence-corrected chi connectivity index (χ0v) is 16.2. The lowest BCUT2D eigenvalue weighted by atomic mass is 10.1. The van der Waals surface area contributed by atoms with Crippen LogP contribution in [0.5, 0.6) is 0 Å². The van der Waals surface area contributed by atoms with Crippen LogP contribution < -0.4 is 10.5 Å². The van der Waals surface area contributed by atoms with Gasteiger partial charge in [-0.15, -0.1) is 0 Å². The van der Waals surface area contributed by atoms with Crippen LogP contribution >= 0.6 is 0 Å². The predicted molar refractivity (Wildman–Crippen MR) is 103 cm³/mol. The zero-order valence-electron chi connectivity index (χ0n) is 15.4. The van der Waals surface area contributed by atoms with Crippen LogP contribution in [0, 0.1) is 5.82 Å². The van der Waals surface area contributed by atoms with E-state index >= 15 is 0 Å². The van der Waals surface area contributed by atoms with E-state index < -0.39 is 21.8 Å². The molecule has 1 aromatic heterocycles. The van der Waals surface area contributed by atoms with Crippen molar-refractivity contribution in [2.75, 3.05) is 19.0 Å². The second kappa shape index (κ2) is 8.41. The van der Waals surface area contributed by atoms with Gasteiger partial charge >= 0.3 is 5.97 Å². The molecule has 29 heavy (non-hydrogen) atoms. The summed E-state index contributed by atoms with van der Waals surface area (Å²) in [4.78, 5) is 12.2. The van der Waals surface area contributed by atoms with Crippen LogP contribution in [-0.4, -0.2) is 33.2 Å². The largest absolute Gasteiger partial charge is 0.465 e. The Morgan fingerprint density at radius 1 is 1.17 bits per heavy atom. The summed E-state index contributed by atoms with van der Waals surface area (Å²) in [5, 5.41) is 12.0. The third-order valence-corrected chi connectivity index (χ3v) is 5.08. The van der Waals surface area contributed by atoms with Crippen molar-refractivity contribution in [3.8, 4) is 11.3 Å². The molecular formula is C19H18FN3O5S. The first-order valence-corrected chi connectivity index (χ1v) is 10.0. The number of nitrogens with zero attached hydrogens (tertiary/aromatic N) is 1. The monoisotopic (exact) mass is 419 g/mol. The molecule has 0 aliphatic heterocycles. The van der Waals surface area contributed by atoms with E-state index in [-0.39, 0.29) is 22.0 Å². The number of anilines is 1. The first kappa shape index (κ1) is 20.5. The maximum Gasteiger partial charge on any atom is 0.345 e. The summed E-state index contributed by atoms with van der Waals surface area (Å²) in [6, 6.07) is 11.6. The highest BCUT2D eigenvalue weighted by molar-refractivity contribution is 7.89. The molecule has 2 aromatic carbocycles. The minimum Gasteiger partial charge on any atom is -0.465 e. The lowest BCUT2D eigenvalue weighted by Gasteiger charge is -2.06. The van der Waals surface area contributed by atoms with Crippen LogP contribution in [0.3, 0.4) is 0 Å². The Kier molecular flexibility index (Phi) is 5.95. The van der Waals surface area contributed by atoms with Gasteiger partial charge in [-0.05, 0) is 48.4 Å². The number of ether oxygens (including phenoxy) is 1. The molecule has 0 radical (unpaired) electrons. The molecule has 8 nitrogen and oxygen atoms in total. The molecule has 1 heterocycles. The second-order valence-corrected chi connectivity index (χ2v) is 7.66. The van der Waals surface area contributed by atoms with E-state index in [9.17, 15) is 17.6 Å². The van der Waals surface area contributed by atoms with Crippen LogP contribution in [-0.2, 0) is 21.2 Å². The number of nitrogens with one attached hydrogen (secondary N) is 1. The van der Waals surface area contributed by atoms with Gasteiger partial charge in [-0.1, -0.05) is 17.3 Å². The summed E-state index contributed by atoms with van der Waals surface area (Å²) >= 11 is 0. The average Bonchev–Trinajstić information content (AvgIpc) is 3.11. The van der Waals surface area contributed by atoms with Gasteiger partial charge in [0.25, 0.3) is 0 Å². The number of aromatic nitrogens is 1. The molecule has 0 saturated carbocycles. The molecule has 3 N–H and O–H groups in total. The fraction of sp³-hybridized carbons (Fsp3) is 0.158. The average molecular weight is 419 g/mol.